The maximum Gasteiger partial charge on any atom is 0.415 e. The fourth-order valence-electron chi connectivity index (χ4n) is 3.18. The first kappa shape index (κ1) is 19.3. The average molecular weight is 410 g/mol. The van der Waals surface area contributed by atoms with E-state index in [1.807, 2.05) is 24.4 Å². The molecule has 1 N–H and O–H groups in total. The molecule has 0 aliphatic carbocycles. The highest BCUT2D eigenvalue weighted by Gasteiger charge is 2.25. The van der Waals surface area contributed by atoms with Crippen LogP contribution in [0.4, 0.5) is 16.6 Å². The third-order valence-corrected chi connectivity index (χ3v) is 5.88. The number of amides is 1. The Morgan fingerprint density at radius 3 is 2.86 bits per heavy atom. The van der Waals surface area contributed by atoms with Gasteiger partial charge in [0, 0.05) is 22.8 Å². The Labute approximate surface area is 173 Å². The van der Waals surface area contributed by atoms with Crippen LogP contribution in [0.15, 0.2) is 48.8 Å². The number of unbranched alkanes of at least 4 members (excludes halogenated alkanes) is 1. The van der Waals surface area contributed by atoms with Crippen LogP contribution in [0.2, 0.25) is 0 Å². The molecule has 0 saturated carbocycles. The summed E-state index contributed by atoms with van der Waals surface area (Å²) in [7, 11) is 0. The van der Waals surface area contributed by atoms with Crippen LogP contribution in [-0.4, -0.2) is 34.2 Å². The topological polar surface area (TPSA) is 80.2 Å². The van der Waals surface area contributed by atoms with Crippen molar-refractivity contribution in [3.8, 4) is 10.6 Å². The number of carbonyl (C=O) groups excluding carboxylic acids is 1. The lowest BCUT2D eigenvalue weighted by Gasteiger charge is -2.18. The fraction of sp³-hybridized carbons (Fsp3) is 0.333. The van der Waals surface area contributed by atoms with Gasteiger partial charge in [0.25, 0.3) is 0 Å². The number of hydrogen-bond donors (Lipinski definition) is 1. The minimum atomic E-state index is -0.368. The Balaban J connectivity index is 1.55. The lowest BCUT2D eigenvalue weighted by Crippen LogP contribution is -2.25. The van der Waals surface area contributed by atoms with E-state index in [0.717, 1.165) is 34.7 Å². The van der Waals surface area contributed by atoms with Crippen LogP contribution in [0.25, 0.3) is 10.6 Å². The van der Waals surface area contributed by atoms with Gasteiger partial charge in [-0.3, -0.25) is 4.90 Å². The first-order chi connectivity index (χ1) is 14.2. The summed E-state index contributed by atoms with van der Waals surface area (Å²) in [5, 5.41) is 4.44. The number of benzene rings is 1. The van der Waals surface area contributed by atoms with E-state index in [9.17, 15) is 4.79 Å². The maximum absolute atomic E-state index is 11.8. The highest BCUT2D eigenvalue weighted by Crippen LogP contribution is 2.32. The van der Waals surface area contributed by atoms with Gasteiger partial charge in [0.15, 0.2) is 0 Å². The molecule has 1 amide bonds. The van der Waals surface area contributed by atoms with Crippen molar-refractivity contribution in [2.24, 2.45) is 0 Å². The molecule has 0 spiro atoms. The summed E-state index contributed by atoms with van der Waals surface area (Å²) in [6.07, 6.45) is 6.35. The molecule has 1 saturated heterocycles. The summed E-state index contributed by atoms with van der Waals surface area (Å²) in [6, 6.07) is 12.0. The minimum Gasteiger partial charge on any atom is -0.447 e. The molecule has 1 aliphatic rings. The molecule has 3 aromatic rings. The lowest BCUT2D eigenvalue weighted by atomic mass is 10.1. The minimum absolute atomic E-state index is 0.0608. The number of ether oxygens (including phenoxy) is 1. The zero-order valence-electron chi connectivity index (χ0n) is 16.2. The van der Waals surface area contributed by atoms with E-state index >= 15 is 0 Å². The largest absolute Gasteiger partial charge is 0.447 e. The van der Waals surface area contributed by atoms with Gasteiger partial charge in [-0.15, -0.1) is 11.3 Å². The lowest BCUT2D eigenvalue weighted by molar-refractivity contribution is 0.181. The van der Waals surface area contributed by atoms with Gasteiger partial charge in [-0.1, -0.05) is 50.1 Å². The van der Waals surface area contributed by atoms with E-state index in [2.05, 4.69) is 39.3 Å². The Kier molecular flexibility index (Phi) is 6.00. The first-order valence-corrected chi connectivity index (χ1v) is 10.6. The normalized spacial score (nSPS) is 14.7. The third kappa shape index (κ3) is 4.54. The van der Waals surface area contributed by atoms with Crippen molar-refractivity contribution in [1.82, 2.24) is 15.0 Å². The van der Waals surface area contributed by atoms with Crippen molar-refractivity contribution >= 4 is 29.2 Å². The van der Waals surface area contributed by atoms with Gasteiger partial charge in [0.05, 0.1) is 12.6 Å². The van der Waals surface area contributed by atoms with Crippen molar-refractivity contribution < 1.29 is 9.53 Å². The molecule has 1 aliphatic heterocycles. The molecule has 1 aromatic carbocycles. The molecular weight excluding hydrogens is 386 g/mol. The fourth-order valence-corrected chi connectivity index (χ4v) is 4.19. The number of rotatable bonds is 8. The molecule has 1 fully saturated rings. The maximum atomic E-state index is 11.8. The Bertz CT molecular complexity index is 962. The van der Waals surface area contributed by atoms with E-state index in [1.165, 1.54) is 4.90 Å². The molecule has 1 atom stereocenters. The molecule has 150 valence electrons. The standard InChI is InChI=1S/C21H23N5O2S/c1-2-3-9-16(17-14-23-19(29-17)15-7-5-4-6-8-15)24-20-22-11-10-18(25-20)26-12-13-28-21(26)27/h4-8,10-11,14,16H,2-3,9,12-13H2,1H3,(H,22,24,25). The van der Waals surface area contributed by atoms with Gasteiger partial charge >= 0.3 is 6.09 Å². The van der Waals surface area contributed by atoms with E-state index < -0.39 is 0 Å². The van der Waals surface area contributed by atoms with Crippen LogP contribution in [-0.2, 0) is 4.74 Å². The van der Waals surface area contributed by atoms with Gasteiger partial charge in [-0.2, -0.15) is 4.98 Å². The predicted molar refractivity (Wildman–Crippen MR) is 114 cm³/mol. The van der Waals surface area contributed by atoms with Gasteiger partial charge in [0.2, 0.25) is 5.95 Å². The number of carbonyl (C=O) groups is 1. The second-order valence-electron chi connectivity index (χ2n) is 6.78. The monoisotopic (exact) mass is 409 g/mol. The van der Waals surface area contributed by atoms with Crippen molar-refractivity contribution in [3.63, 3.8) is 0 Å². The van der Waals surface area contributed by atoms with Gasteiger partial charge in [-0.05, 0) is 12.5 Å². The molecule has 7 nitrogen and oxygen atoms in total. The Morgan fingerprint density at radius 1 is 1.24 bits per heavy atom. The molecule has 0 radical (unpaired) electrons. The Hall–Kier alpha value is -3.00. The van der Waals surface area contributed by atoms with Crippen LogP contribution >= 0.6 is 11.3 Å². The second-order valence-corrected chi connectivity index (χ2v) is 7.84. The predicted octanol–water partition coefficient (Wildman–Crippen LogP) is 4.90. The van der Waals surface area contributed by atoms with E-state index in [4.69, 9.17) is 4.74 Å². The van der Waals surface area contributed by atoms with Crippen LogP contribution in [0.1, 0.15) is 37.1 Å². The van der Waals surface area contributed by atoms with Crippen molar-refractivity contribution in [2.45, 2.75) is 32.2 Å². The molecule has 2 aromatic heterocycles. The Morgan fingerprint density at radius 2 is 2.10 bits per heavy atom. The van der Waals surface area contributed by atoms with Crippen molar-refractivity contribution in [2.75, 3.05) is 23.4 Å². The number of aromatic nitrogens is 3. The summed E-state index contributed by atoms with van der Waals surface area (Å²) in [4.78, 5) is 28.0. The summed E-state index contributed by atoms with van der Waals surface area (Å²) < 4.78 is 5.01. The number of cyclic esters (lactones) is 1. The smallest absolute Gasteiger partial charge is 0.415 e. The molecule has 8 heteroatoms. The van der Waals surface area contributed by atoms with Crippen molar-refractivity contribution in [3.05, 3.63) is 53.7 Å². The zero-order valence-corrected chi connectivity index (χ0v) is 17.1. The van der Waals surface area contributed by atoms with Gasteiger partial charge in [0.1, 0.15) is 17.4 Å². The van der Waals surface area contributed by atoms with Gasteiger partial charge < -0.3 is 10.1 Å². The molecule has 0 bridgehead atoms. The van der Waals surface area contributed by atoms with Crippen LogP contribution < -0.4 is 10.2 Å². The highest BCUT2D eigenvalue weighted by atomic mass is 32.1. The zero-order chi connectivity index (χ0) is 20.1. The quantitative estimate of drug-likeness (QED) is 0.570. The third-order valence-electron chi connectivity index (χ3n) is 4.72. The average Bonchev–Trinajstić information content (AvgIpc) is 3.41. The summed E-state index contributed by atoms with van der Waals surface area (Å²) in [5.74, 6) is 1.05. The first-order valence-electron chi connectivity index (χ1n) is 9.79. The molecule has 3 heterocycles. The van der Waals surface area contributed by atoms with Gasteiger partial charge in [-0.25, -0.2) is 14.8 Å². The number of hydrogen-bond acceptors (Lipinski definition) is 7. The number of anilines is 2. The molecule has 4 rings (SSSR count). The number of thiazole rings is 1. The summed E-state index contributed by atoms with van der Waals surface area (Å²) in [6.45, 7) is 3.06. The number of nitrogens with zero attached hydrogens (tertiary/aromatic N) is 4. The van der Waals surface area contributed by atoms with E-state index in [0.29, 0.717) is 24.9 Å². The highest BCUT2D eigenvalue weighted by molar-refractivity contribution is 7.15. The second kappa shape index (κ2) is 9.00. The van der Waals surface area contributed by atoms with Crippen LogP contribution in [0, 0.1) is 0 Å². The van der Waals surface area contributed by atoms with Crippen molar-refractivity contribution in [1.29, 1.82) is 0 Å². The van der Waals surface area contributed by atoms with E-state index in [1.54, 1.807) is 23.6 Å². The SMILES string of the molecule is CCCCC(Nc1nccc(N2CCOC2=O)n1)c1cnc(-c2ccccc2)s1. The van der Waals surface area contributed by atoms with Crippen LogP contribution in [0.3, 0.4) is 0 Å². The molecule has 1 unspecified atom stereocenters. The van der Waals surface area contributed by atoms with Crippen LogP contribution in [0.5, 0.6) is 0 Å². The molecular formula is C21H23N5O2S. The molecule has 29 heavy (non-hydrogen) atoms. The van der Waals surface area contributed by atoms with E-state index in [-0.39, 0.29) is 12.1 Å². The number of nitrogens with one attached hydrogen (secondary N) is 1. The summed E-state index contributed by atoms with van der Waals surface area (Å²) >= 11 is 1.68. The summed E-state index contributed by atoms with van der Waals surface area (Å²) in [5.41, 5.74) is 1.11.